The van der Waals surface area contributed by atoms with E-state index in [1.165, 1.54) is 0 Å². The molecule has 1 aliphatic carbocycles. The van der Waals surface area contributed by atoms with Crippen LogP contribution in [0.1, 0.15) is 33.1 Å². The zero-order valence-corrected chi connectivity index (χ0v) is 9.62. The molecular formula is C13H20O2. The summed E-state index contributed by atoms with van der Waals surface area (Å²) in [6.07, 6.45) is 4.35. The van der Waals surface area contributed by atoms with E-state index in [1.54, 1.807) is 6.08 Å². The van der Waals surface area contributed by atoms with Crippen molar-refractivity contribution in [1.29, 1.82) is 0 Å². The number of hydrogen-bond donors (Lipinski definition) is 1. The van der Waals surface area contributed by atoms with Crippen molar-refractivity contribution in [3.8, 4) is 0 Å². The van der Waals surface area contributed by atoms with E-state index in [0.717, 1.165) is 18.4 Å². The van der Waals surface area contributed by atoms with Gasteiger partial charge in [0.15, 0.2) is 0 Å². The van der Waals surface area contributed by atoms with Crippen molar-refractivity contribution in [2.45, 2.75) is 50.4 Å². The first-order valence-electron chi connectivity index (χ1n) is 5.59. The molecule has 2 heteroatoms. The number of hydrogen-bond acceptors (Lipinski definition) is 2. The van der Waals surface area contributed by atoms with E-state index in [1.807, 2.05) is 13.8 Å². The third kappa shape index (κ3) is 1.47. The fourth-order valence-corrected chi connectivity index (χ4v) is 2.80. The highest BCUT2D eigenvalue weighted by Gasteiger charge is 2.68. The van der Waals surface area contributed by atoms with Crippen molar-refractivity contribution in [2.75, 3.05) is 0 Å². The highest BCUT2D eigenvalue weighted by Crippen LogP contribution is 2.57. The third-order valence-electron chi connectivity index (χ3n) is 4.13. The van der Waals surface area contributed by atoms with Crippen LogP contribution >= 0.6 is 0 Å². The normalized spacial score (nSPS) is 48.2. The lowest BCUT2D eigenvalue weighted by Gasteiger charge is -2.38. The Balaban J connectivity index is 2.21. The summed E-state index contributed by atoms with van der Waals surface area (Å²) in [6.45, 7) is 11.7. The molecule has 1 heterocycles. The largest absolute Gasteiger partial charge is 0.386 e. The first kappa shape index (κ1) is 10.9. The van der Waals surface area contributed by atoms with Gasteiger partial charge in [0.25, 0.3) is 0 Å². The molecule has 0 aromatic carbocycles. The van der Waals surface area contributed by atoms with Crippen molar-refractivity contribution in [2.24, 2.45) is 5.92 Å². The number of allylic oxidation sites excluding steroid dienone is 1. The molecule has 1 N–H and O–H groups in total. The number of epoxide rings is 1. The Morgan fingerprint density at radius 2 is 2.33 bits per heavy atom. The molecule has 2 rings (SSSR count). The summed E-state index contributed by atoms with van der Waals surface area (Å²) < 4.78 is 5.68. The van der Waals surface area contributed by atoms with E-state index in [2.05, 4.69) is 13.2 Å². The van der Waals surface area contributed by atoms with Crippen LogP contribution in [0, 0.1) is 5.92 Å². The number of fused-ring (bicyclic) bond motifs is 1. The zero-order chi connectivity index (χ0) is 11.3. The maximum Gasteiger partial charge on any atom is 0.121 e. The summed E-state index contributed by atoms with van der Waals surface area (Å²) in [7, 11) is 0. The average Bonchev–Trinajstić information content (AvgIpc) is 2.78. The highest BCUT2D eigenvalue weighted by atomic mass is 16.6. The predicted octanol–water partition coefficient (Wildman–Crippen LogP) is 2.44. The van der Waals surface area contributed by atoms with Crippen LogP contribution in [0.3, 0.4) is 0 Å². The van der Waals surface area contributed by atoms with Gasteiger partial charge in [0.2, 0.25) is 0 Å². The molecule has 0 bridgehead atoms. The molecular weight excluding hydrogens is 188 g/mol. The van der Waals surface area contributed by atoms with Crippen molar-refractivity contribution >= 4 is 0 Å². The SMILES string of the molecule is C=CC[C@@]1(O)C[C@H](C(=C)C)C[C@H]2O[C@]21C. The second-order valence-electron chi connectivity index (χ2n) is 5.22. The van der Waals surface area contributed by atoms with Crippen LogP contribution < -0.4 is 0 Å². The van der Waals surface area contributed by atoms with Gasteiger partial charge in [-0.2, -0.15) is 0 Å². The summed E-state index contributed by atoms with van der Waals surface area (Å²) >= 11 is 0. The summed E-state index contributed by atoms with van der Waals surface area (Å²) in [4.78, 5) is 0. The van der Waals surface area contributed by atoms with E-state index in [9.17, 15) is 5.11 Å². The topological polar surface area (TPSA) is 32.8 Å². The molecule has 1 saturated carbocycles. The maximum absolute atomic E-state index is 10.6. The second-order valence-corrected chi connectivity index (χ2v) is 5.22. The van der Waals surface area contributed by atoms with Crippen LogP contribution in [0.15, 0.2) is 24.8 Å². The molecule has 2 nitrogen and oxygen atoms in total. The Labute approximate surface area is 91.6 Å². The standard InChI is InChI=1S/C13H20O2/c1-5-6-13(14)8-10(9(2)3)7-11-12(13,4)15-11/h5,10-11,14H,1-2,6-8H2,3-4H3/t10-,11-,12-,13-/m1/s1. The van der Waals surface area contributed by atoms with E-state index >= 15 is 0 Å². The lowest BCUT2D eigenvalue weighted by Crippen LogP contribution is -2.49. The van der Waals surface area contributed by atoms with E-state index < -0.39 is 5.60 Å². The van der Waals surface area contributed by atoms with Crippen LogP contribution in [-0.2, 0) is 4.74 Å². The van der Waals surface area contributed by atoms with E-state index in [0.29, 0.717) is 12.3 Å². The Bertz CT molecular complexity index is 310. The van der Waals surface area contributed by atoms with E-state index in [-0.39, 0.29) is 11.7 Å². The Morgan fingerprint density at radius 1 is 1.67 bits per heavy atom. The zero-order valence-electron chi connectivity index (χ0n) is 9.62. The van der Waals surface area contributed by atoms with Gasteiger partial charge in [0, 0.05) is 0 Å². The minimum absolute atomic E-state index is 0.206. The summed E-state index contributed by atoms with van der Waals surface area (Å²) in [5.74, 6) is 0.385. The molecule has 0 spiro atoms. The maximum atomic E-state index is 10.6. The molecule has 4 atom stereocenters. The van der Waals surface area contributed by atoms with Gasteiger partial charge >= 0.3 is 0 Å². The monoisotopic (exact) mass is 208 g/mol. The molecule has 0 unspecified atom stereocenters. The fraction of sp³-hybridized carbons (Fsp3) is 0.692. The molecule has 1 saturated heterocycles. The van der Waals surface area contributed by atoms with Crippen molar-refractivity contribution in [3.05, 3.63) is 24.8 Å². The molecule has 0 aromatic rings. The van der Waals surface area contributed by atoms with Crippen LogP contribution in [0.25, 0.3) is 0 Å². The molecule has 15 heavy (non-hydrogen) atoms. The van der Waals surface area contributed by atoms with Gasteiger partial charge in [0.05, 0.1) is 11.7 Å². The van der Waals surface area contributed by atoms with Gasteiger partial charge in [-0.25, -0.2) is 0 Å². The molecule has 1 aliphatic heterocycles. The van der Waals surface area contributed by atoms with Crippen molar-refractivity contribution in [1.82, 2.24) is 0 Å². The van der Waals surface area contributed by atoms with Gasteiger partial charge in [-0.05, 0) is 39.0 Å². The van der Waals surface area contributed by atoms with Gasteiger partial charge < -0.3 is 9.84 Å². The van der Waals surface area contributed by atoms with Crippen molar-refractivity contribution < 1.29 is 9.84 Å². The average molecular weight is 208 g/mol. The van der Waals surface area contributed by atoms with Crippen LogP contribution in [0.4, 0.5) is 0 Å². The lowest BCUT2D eigenvalue weighted by molar-refractivity contribution is -0.0486. The molecule has 84 valence electrons. The molecule has 0 aromatic heterocycles. The molecule has 0 amide bonds. The van der Waals surface area contributed by atoms with Crippen LogP contribution in [0.5, 0.6) is 0 Å². The number of rotatable bonds is 3. The van der Waals surface area contributed by atoms with Gasteiger partial charge in [0.1, 0.15) is 5.60 Å². The van der Waals surface area contributed by atoms with Gasteiger partial charge in [-0.3, -0.25) is 0 Å². The Hall–Kier alpha value is -0.600. The first-order valence-corrected chi connectivity index (χ1v) is 5.59. The quantitative estimate of drug-likeness (QED) is 0.570. The Morgan fingerprint density at radius 3 is 2.87 bits per heavy atom. The fourth-order valence-electron chi connectivity index (χ4n) is 2.80. The minimum atomic E-state index is -0.749. The smallest absolute Gasteiger partial charge is 0.121 e. The minimum Gasteiger partial charge on any atom is -0.386 e. The van der Waals surface area contributed by atoms with E-state index in [4.69, 9.17) is 4.74 Å². The summed E-state index contributed by atoms with van der Waals surface area (Å²) in [5.41, 5.74) is 0.0593. The van der Waals surface area contributed by atoms with Crippen LogP contribution in [-0.4, -0.2) is 22.4 Å². The molecule has 0 radical (unpaired) electrons. The van der Waals surface area contributed by atoms with Gasteiger partial charge in [-0.1, -0.05) is 18.2 Å². The second kappa shape index (κ2) is 3.19. The number of aliphatic hydroxyl groups is 1. The number of ether oxygens (including phenoxy) is 1. The summed E-state index contributed by atoms with van der Waals surface area (Å²) in [6, 6.07) is 0. The van der Waals surface area contributed by atoms with Crippen molar-refractivity contribution in [3.63, 3.8) is 0 Å². The third-order valence-corrected chi connectivity index (χ3v) is 4.13. The Kier molecular flexibility index (Phi) is 2.32. The first-order chi connectivity index (χ1) is 6.93. The molecule has 2 fully saturated rings. The van der Waals surface area contributed by atoms with Crippen LogP contribution in [0.2, 0.25) is 0 Å². The predicted molar refractivity (Wildman–Crippen MR) is 60.6 cm³/mol. The summed E-state index contributed by atoms with van der Waals surface area (Å²) in [5, 5.41) is 10.6. The highest BCUT2D eigenvalue weighted by molar-refractivity contribution is 5.21. The van der Waals surface area contributed by atoms with Gasteiger partial charge in [-0.15, -0.1) is 6.58 Å². The molecule has 2 aliphatic rings. The lowest BCUT2D eigenvalue weighted by atomic mass is 9.68.